The molecule has 1 aliphatic carbocycles. The molecule has 0 radical (unpaired) electrons. The molecule has 64 heavy (non-hydrogen) atoms. The maximum atomic E-state index is 14.0. The lowest BCUT2D eigenvalue weighted by atomic mass is 9.83. The summed E-state index contributed by atoms with van der Waals surface area (Å²) < 4.78 is 11.7. The number of benzene rings is 8. The van der Waals surface area contributed by atoms with E-state index in [1.807, 2.05) is 109 Å². The molecule has 0 aromatic heterocycles. The molecule has 9 rings (SSSR count). The van der Waals surface area contributed by atoms with Crippen molar-refractivity contribution in [1.82, 2.24) is 0 Å². The van der Waals surface area contributed by atoms with E-state index in [1.54, 1.807) is 50.5 Å². The van der Waals surface area contributed by atoms with Crippen LogP contribution in [0.5, 0.6) is 11.5 Å². The summed E-state index contributed by atoms with van der Waals surface area (Å²) in [6.07, 6.45) is 0. The summed E-state index contributed by atoms with van der Waals surface area (Å²) in [7, 11) is 6.33. The molecule has 2 amide bonds. The highest BCUT2D eigenvalue weighted by atomic mass is 16.5. The molecule has 8 aromatic rings. The molecule has 12 heteroatoms. The fourth-order valence-corrected chi connectivity index (χ4v) is 7.91. The van der Waals surface area contributed by atoms with Gasteiger partial charge in [-0.1, -0.05) is 84.9 Å². The number of ether oxygens (including phenoxy) is 2. The third kappa shape index (κ3) is 7.32. The van der Waals surface area contributed by atoms with Crippen molar-refractivity contribution in [1.29, 1.82) is 0 Å². The molecule has 0 saturated carbocycles. The Labute approximate surface area is 367 Å². The van der Waals surface area contributed by atoms with Gasteiger partial charge in [-0.25, -0.2) is 0 Å². The number of nitrogens with zero attached hydrogens (tertiary/aromatic N) is 6. The molecule has 12 nitrogen and oxygen atoms in total. The van der Waals surface area contributed by atoms with Gasteiger partial charge in [0.1, 0.15) is 11.4 Å². The number of azo groups is 2. The summed E-state index contributed by atoms with van der Waals surface area (Å²) in [5, 5.41) is 21.1. The van der Waals surface area contributed by atoms with Crippen LogP contribution in [0.4, 0.5) is 34.1 Å². The highest BCUT2D eigenvalue weighted by Crippen LogP contribution is 2.43. The number of hydrogen-bond acceptors (Lipinski definition) is 10. The van der Waals surface area contributed by atoms with Crippen molar-refractivity contribution in [3.8, 4) is 11.5 Å². The number of para-hydroxylation sites is 2. The van der Waals surface area contributed by atoms with Crippen LogP contribution in [-0.2, 0) is 0 Å². The molecule has 0 bridgehead atoms. The largest absolute Gasteiger partial charge is 0.494 e. The zero-order valence-electron chi connectivity index (χ0n) is 35.1. The van der Waals surface area contributed by atoms with Gasteiger partial charge in [0.05, 0.1) is 36.7 Å². The van der Waals surface area contributed by atoms with Gasteiger partial charge >= 0.3 is 0 Å². The standard InChI is InChI=1S/C52H38N6O6/c1-57(35-17-7-5-8-18-35)51(61)43-27-31-15-11-13-21-37(31)45(49(43)63-3)55-53-33-23-25-39-41(29-33)47(59)40-26-24-34(30-42(40)48(39)60)54-56-46-38-22-14-12-16-32(38)28-44(50(46)64-4)52(62)58(2)36-19-9-6-10-20-36/h5-30H,1-4H3. The average Bonchev–Trinajstić information content (AvgIpc) is 3.35. The Kier molecular flexibility index (Phi) is 10.8. The van der Waals surface area contributed by atoms with E-state index in [0.29, 0.717) is 56.0 Å². The van der Waals surface area contributed by atoms with E-state index in [0.717, 1.165) is 10.8 Å². The van der Waals surface area contributed by atoms with Gasteiger partial charge in [0.25, 0.3) is 11.8 Å². The molecule has 0 atom stereocenters. The fraction of sp³-hybridized carbons (Fsp3) is 0.0769. The van der Waals surface area contributed by atoms with Crippen molar-refractivity contribution in [3.05, 3.63) is 191 Å². The van der Waals surface area contributed by atoms with Gasteiger partial charge in [-0.15, -0.1) is 10.2 Å². The van der Waals surface area contributed by atoms with Gasteiger partial charge in [-0.05, 0) is 83.6 Å². The van der Waals surface area contributed by atoms with Crippen LogP contribution < -0.4 is 19.3 Å². The lowest BCUT2D eigenvalue weighted by Gasteiger charge is -2.20. The van der Waals surface area contributed by atoms with E-state index >= 15 is 0 Å². The topological polar surface area (TPSA) is 143 Å². The van der Waals surface area contributed by atoms with E-state index in [2.05, 4.69) is 20.5 Å². The summed E-state index contributed by atoms with van der Waals surface area (Å²) >= 11 is 0. The van der Waals surface area contributed by atoms with Gasteiger partial charge < -0.3 is 19.3 Å². The molecular weight excluding hydrogens is 805 g/mol. The van der Waals surface area contributed by atoms with Crippen LogP contribution in [0.25, 0.3) is 21.5 Å². The van der Waals surface area contributed by atoms with Crippen molar-refractivity contribution < 1.29 is 28.7 Å². The molecule has 0 fully saturated rings. The number of anilines is 2. The van der Waals surface area contributed by atoms with Crippen LogP contribution in [0, 0.1) is 0 Å². The lowest BCUT2D eigenvalue weighted by Crippen LogP contribution is -2.26. The summed E-state index contributed by atoms with van der Waals surface area (Å²) in [5.41, 5.74) is 4.05. The Morgan fingerprint density at radius 3 is 1.20 bits per heavy atom. The van der Waals surface area contributed by atoms with Crippen molar-refractivity contribution in [2.24, 2.45) is 20.5 Å². The predicted molar refractivity (Wildman–Crippen MR) is 247 cm³/mol. The smallest absolute Gasteiger partial charge is 0.261 e. The second-order valence-electron chi connectivity index (χ2n) is 15.0. The number of carbonyl (C=O) groups is 4. The highest BCUT2D eigenvalue weighted by Gasteiger charge is 2.31. The van der Waals surface area contributed by atoms with Crippen LogP contribution in [0.2, 0.25) is 0 Å². The SMILES string of the molecule is COc1c(C(=O)N(C)c2ccccc2)cc2ccccc2c1N=Nc1ccc2c(c1)C(=O)c1ccc(N=Nc3c(OC)c(C(=O)N(C)c4ccccc4)cc4ccccc34)cc1C2=O. The number of fused-ring (bicyclic) bond motifs is 4. The van der Waals surface area contributed by atoms with E-state index < -0.39 is 0 Å². The molecule has 0 unspecified atom stereocenters. The molecule has 0 aliphatic heterocycles. The first kappa shape index (κ1) is 40.7. The molecule has 1 aliphatic rings. The number of rotatable bonds is 10. The summed E-state index contributed by atoms with van der Waals surface area (Å²) in [4.78, 5) is 58.9. The third-order valence-electron chi connectivity index (χ3n) is 11.2. The van der Waals surface area contributed by atoms with E-state index in [1.165, 1.54) is 36.2 Å². The average molecular weight is 843 g/mol. The quantitative estimate of drug-likeness (QED) is 0.125. The molecular formula is C52H38N6O6. The fourth-order valence-electron chi connectivity index (χ4n) is 7.91. The maximum absolute atomic E-state index is 14.0. The van der Waals surface area contributed by atoms with Gasteiger partial charge in [0.2, 0.25) is 0 Å². The minimum Gasteiger partial charge on any atom is -0.494 e. The zero-order valence-corrected chi connectivity index (χ0v) is 35.1. The zero-order chi connectivity index (χ0) is 44.5. The van der Waals surface area contributed by atoms with Crippen molar-refractivity contribution in [3.63, 3.8) is 0 Å². The predicted octanol–water partition coefficient (Wildman–Crippen LogP) is 12.2. The number of hydrogen-bond donors (Lipinski definition) is 0. The van der Waals surface area contributed by atoms with E-state index in [-0.39, 0.29) is 57.1 Å². The van der Waals surface area contributed by atoms with Crippen LogP contribution >= 0.6 is 0 Å². The van der Waals surface area contributed by atoms with Crippen molar-refractivity contribution in [2.45, 2.75) is 0 Å². The summed E-state index contributed by atoms with van der Waals surface area (Å²) in [6.45, 7) is 0. The number of amides is 2. The monoisotopic (exact) mass is 842 g/mol. The minimum atomic E-state index is -0.369. The highest BCUT2D eigenvalue weighted by molar-refractivity contribution is 6.29. The van der Waals surface area contributed by atoms with Crippen LogP contribution in [0.3, 0.4) is 0 Å². The summed E-state index contributed by atoms with van der Waals surface area (Å²) in [5.74, 6) is -0.854. The third-order valence-corrected chi connectivity index (χ3v) is 11.2. The second kappa shape index (κ2) is 17.0. The first-order valence-electron chi connectivity index (χ1n) is 20.2. The molecule has 312 valence electrons. The van der Waals surface area contributed by atoms with Crippen molar-refractivity contribution in [2.75, 3.05) is 38.1 Å². The number of ketones is 2. The van der Waals surface area contributed by atoms with Gasteiger partial charge in [-0.3, -0.25) is 19.2 Å². The Hall–Kier alpha value is -8.64. The maximum Gasteiger partial charge on any atom is 0.261 e. The van der Waals surface area contributed by atoms with Crippen LogP contribution in [-0.4, -0.2) is 51.7 Å². The van der Waals surface area contributed by atoms with Crippen molar-refractivity contribution >= 4 is 79.1 Å². The van der Waals surface area contributed by atoms with E-state index in [9.17, 15) is 19.2 Å². The first-order valence-corrected chi connectivity index (χ1v) is 20.2. The van der Waals surface area contributed by atoms with Gasteiger partial charge in [0, 0.05) is 58.5 Å². The summed E-state index contributed by atoms with van der Waals surface area (Å²) in [6, 6.07) is 46.4. The van der Waals surface area contributed by atoms with Crippen LogP contribution in [0.1, 0.15) is 52.6 Å². The lowest BCUT2D eigenvalue weighted by molar-refractivity contribution is 0.0979. The van der Waals surface area contributed by atoms with Gasteiger partial charge in [-0.2, -0.15) is 10.2 Å². The minimum absolute atomic E-state index is 0.173. The Bertz CT molecular complexity index is 3040. The molecule has 0 N–H and O–H groups in total. The van der Waals surface area contributed by atoms with Crippen LogP contribution in [0.15, 0.2) is 178 Å². The Balaban J connectivity index is 1.03. The first-order chi connectivity index (χ1) is 31.2. The second-order valence-corrected chi connectivity index (χ2v) is 15.0. The molecule has 0 saturated heterocycles. The molecule has 0 heterocycles. The normalized spacial score (nSPS) is 12.1. The number of carbonyl (C=O) groups excluding carboxylic acids is 4. The Morgan fingerprint density at radius 1 is 0.438 bits per heavy atom. The molecule has 0 spiro atoms. The van der Waals surface area contributed by atoms with E-state index in [4.69, 9.17) is 9.47 Å². The van der Waals surface area contributed by atoms with Gasteiger partial charge in [0.15, 0.2) is 23.1 Å². The molecule has 8 aromatic carbocycles. The Morgan fingerprint density at radius 2 is 0.812 bits per heavy atom. The number of methoxy groups -OCH3 is 2.